The fourth-order valence-corrected chi connectivity index (χ4v) is 3.05. The molecular weight excluding hydrogens is 333 g/mol. The first-order valence-electron chi connectivity index (χ1n) is 7.12. The van der Waals surface area contributed by atoms with Crippen LogP contribution in [-0.4, -0.2) is 14.2 Å². The Hall–Kier alpha value is -1.89. The monoisotopic (exact) mass is 349 g/mol. The van der Waals surface area contributed by atoms with Crippen molar-refractivity contribution in [1.29, 1.82) is 5.26 Å². The maximum absolute atomic E-state index is 9.17. The molecule has 2 rings (SSSR count). The molecule has 0 aliphatic carbocycles. The first kappa shape index (κ1) is 17.5. The summed E-state index contributed by atoms with van der Waals surface area (Å²) in [5.74, 6) is 1.26. The third kappa shape index (κ3) is 4.10. The zero-order valence-electron chi connectivity index (χ0n) is 13.0. The van der Waals surface area contributed by atoms with Gasteiger partial charge in [0, 0.05) is 22.4 Å². The van der Waals surface area contributed by atoms with Gasteiger partial charge in [-0.05, 0) is 41.8 Å². The van der Waals surface area contributed by atoms with Crippen LogP contribution in [0.15, 0.2) is 36.4 Å². The van der Waals surface area contributed by atoms with E-state index in [9.17, 15) is 0 Å². The second-order valence-corrected chi connectivity index (χ2v) is 5.89. The summed E-state index contributed by atoms with van der Waals surface area (Å²) in [5.41, 5.74) is 1.84. The van der Waals surface area contributed by atoms with Crippen LogP contribution >= 0.6 is 23.2 Å². The molecule has 1 atom stereocenters. The molecule has 1 unspecified atom stereocenters. The van der Waals surface area contributed by atoms with Crippen LogP contribution in [0, 0.1) is 11.3 Å². The van der Waals surface area contributed by atoms with Crippen molar-refractivity contribution in [2.75, 3.05) is 14.2 Å². The number of halogens is 2. The first-order valence-corrected chi connectivity index (χ1v) is 7.88. The molecule has 3 nitrogen and oxygen atoms in total. The molecule has 0 fully saturated rings. The molecule has 0 bridgehead atoms. The van der Waals surface area contributed by atoms with E-state index in [2.05, 4.69) is 6.07 Å². The van der Waals surface area contributed by atoms with Crippen LogP contribution in [0.1, 0.15) is 23.5 Å². The molecule has 0 amide bonds. The molecule has 0 heterocycles. The molecule has 5 heteroatoms. The third-order valence-corrected chi connectivity index (χ3v) is 4.44. The number of nitrogens with zero attached hydrogens (tertiary/aromatic N) is 1. The van der Waals surface area contributed by atoms with Crippen LogP contribution in [-0.2, 0) is 6.42 Å². The number of rotatable bonds is 6. The molecule has 2 aromatic rings. The van der Waals surface area contributed by atoms with E-state index in [0.29, 0.717) is 34.4 Å². The van der Waals surface area contributed by atoms with Crippen molar-refractivity contribution in [1.82, 2.24) is 0 Å². The smallest absolute Gasteiger partial charge is 0.160 e. The van der Waals surface area contributed by atoms with Crippen LogP contribution in [0.4, 0.5) is 0 Å². The summed E-state index contributed by atoms with van der Waals surface area (Å²) in [7, 11) is 3.18. The highest BCUT2D eigenvalue weighted by atomic mass is 35.5. The maximum atomic E-state index is 9.17. The van der Waals surface area contributed by atoms with Gasteiger partial charge in [-0.1, -0.05) is 35.3 Å². The van der Waals surface area contributed by atoms with Gasteiger partial charge >= 0.3 is 0 Å². The molecule has 0 aromatic heterocycles. The van der Waals surface area contributed by atoms with Crippen molar-refractivity contribution in [3.05, 3.63) is 57.6 Å². The Morgan fingerprint density at radius 1 is 1.04 bits per heavy atom. The lowest BCUT2D eigenvalue weighted by atomic mass is 9.89. The van der Waals surface area contributed by atoms with Gasteiger partial charge in [0.15, 0.2) is 11.5 Å². The van der Waals surface area contributed by atoms with Crippen molar-refractivity contribution in [3.8, 4) is 17.6 Å². The number of ether oxygens (including phenoxy) is 2. The van der Waals surface area contributed by atoms with Crippen molar-refractivity contribution in [2.24, 2.45) is 0 Å². The van der Waals surface area contributed by atoms with Crippen LogP contribution in [0.2, 0.25) is 10.0 Å². The minimum Gasteiger partial charge on any atom is -0.493 e. The van der Waals surface area contributed by atoms with Gasteiger partial charge in [0.2, 0.25) is 0 Å². The predicted molar refractivity (Wildman–Crippen MR) is 92.7 cm³/mol. The Balaban J connectivity index is 2.37. The van der Waals surface area contributed by atoms with E-state index >= 15 is 0 Å². The SMILES string of the molecule is COc1ccc(C(CC#N)Cc2c(Cl)cccc2Cl)cc1OC. The second-order valence-electron chi connectivity index (χ2n) is 5.08. The second kappa shape index (κ2) is 8.10. The summed E-state index contributed by atoms with van der Waals surface area (Å²) < 4.78 is 10.6. The average molecular weight is 350 g/mol. The predicted octanol–water partition coefficient (Wildman–Crippen LogP) is 5.25. The van der Waals surface area contributed by atoms with Crippen molar-refractivity contribution < 1.29 is 9.47 Å². The third-order valence-electron chi connectivity index (χ3n) is 3.73. The van der Waals surface area contributed by atoms with E-state index in [0.717, 1.165) is 11.1 Å². The molecule has 120 valence electrons. The van der Waals surface area contributed by atoms with Gasteiger partial charge in [0.25, 0.3) is 0 Å². The number of methoxy groups -OCH3 is 2. The topological polar surface area (TPSA) is 42.2 Å². The highest BCUT2D eigenvalue weighted by Gasteiger charge is 2.18. The van der Waals surface area contributed by atoms with Gasteiger partial charge in [-0.15, -0.1) is 0 Å². The summed E-state index contributed by atoms with van der Waals surface area (Å²) in [5, 5.41) is 10.4. The molecule has 23 heavy (non-hydrogen) atoms. The normalized spacial score (nSPS) is 11.6. The number of hydrogen-bond donors (Lipinski definition) is 0. The number of benzene rings is 2. The van der Waals surface area contributed by atoms with Crippen molar-refractivity contribution in [3.63, 3.8) is 0 Å². The zero-order chi connectivity index (χ0) is 16.8. The van der Waals surface area contributed by atoms with Gasteiger partial charge in [-0.2, -0.15) is 5.26 Å². The van der Waals surface area contributed by atoms with E-state index in [1.54, 1.807) is 26.4 Å². The Bertz CT molecular complexity index is 705. The van der Waals surface area contributed by atoms with Crippen molar-refractivity contribution >= 4 is 23.2 Å². The molecule has 0 saturated heterocycles. The summed E-state index contributed by atoms with van der Waals surface area (Å²) in [6.07, 6.45) is 0.943. The molecule has 0 saturated carbocycles. The number of nitriles is 1. The largest absolute Gasteiger partial charge is 0.493 e. The summed E-state index contributed by atoms with van der Waals surface area (Å²) in [6.45, 7) is 0. The van der Waals surface area contributed by atoms with Gasteiger partial charge < -0.3 is 9.47 Å². The molecular formula is C18H17Cl2NO2. The standard InChI is InChI=1S/C18H17Cl2NO2/c1-22-17-7-6-12(11-18(17)23-2)13(8-9-21)10-14-15(19)4-3-5-16(14)20/h3-7,11,13H,8,10H2,1-2H3. The maximum Gasteiger partial charge on any atom is 0.160 e. The quantitative estimate of drug-likeness (QED) is 0.714. The highest BCUT2D eigenvalue weighted by molar-refractivity contribution is 6.36. The average Bonchev–Trinajstić information content (AvgIpc) is 2.56. The summed E-state index contributed by atoms with van der Waals surface area (Å²) in [6, 6.07) is 13.3. The van der Waals surface area contributed by atoms with Gasteiger partial charge in [-0.3, -0.25) is 0 Å². The van der Waals surface area contributed by atoms with Gasteiger partial charge in [0.05, 0.1) is 20.3 Å². The lowest BCUT2D eigenvalue weighted by Gasteiger charge is -2.18. The van der Waals surface area contributed by atoms with Crippen LogP contribution in [0.5, 0.6) is 11.5 Å². The molecule has 0 aliphatic rings. The molecule has 0 aliphatic heterocycles. The van der Waals surface area contributed by atoms with Crippen LogP contribution in [0.25, 0.3) is 0 Å². The lowest BCUT2D eigenvalue weighted by Crippen LogP contribution is -2.04. The number of hydrogen-bond acceptors (Lipinski definition) is 3. The Labute approximate surface area is 146 Å². The minimum absolute atomic E-state index is 0.0304. The minimum atomic E-state index is -0.0304. The van der Waals surface area contributed by atoms with E-state index in [-0.39, 0.29) is 5.92 Å². The van der Waals surface area contributed by atoms with Gasteiger partial charge in [0.1, 0.15) is 0 Å². The Kier molecular flexibility index (Phi) is 6.15. The highest BCUT2D eigenvalue weighted by Crippen LogP contribution is 2.35. The summed E-state index contributed by atoms with van der Waals surface area (Å²) in [4.78, 5) is 0. The zero-order valence-corrected chi connectivity index (χ0v) is 14.5. The van der Waals surface area contributed by atoms with Crippen LogP contribution < -0.4 is 9.47 Å². The fourth-order valence-electron chi connectivity index (χ4n) is 2.50. The van der Waals surface area contributed by atoms with Gasteiger partial charge in [-0.25, -0.2) is 0 Å². The molecule has 2 aromatic carbocycles. The molecule has 0 spiro atoms. The fraction of sp³-hybridized carbons (Fsp3) is 0.278. The summed E-state index contributed by atoms with van der Waals surface area (Å²) >= 11 is 12.5. The van der Waals surface area contributed by atoms with Crippen molar-refractivity contribution in [2.45, 2.75) is 18.8 Å². The Morgan fingerprint density at radius 3 is 2.26 bits per heavy atom. The van der Waals surface area contributed by atoms with E-state index in [1.807, 2.05) is 24.3 Å². The van der Waals surface area contributed by atoms with E-state index in [1.165, 1.54) is 0 Å². The van der Waals surface area contributed by atoms with E-state index in [4.69, 9.17) is 37.9 Å². The van der Waals surface area contributed by atoms with E-state index < -0.39 is 0 Å². The lowest BCUT2D eigenvalue weighted by molar-refractivity contribution is 0.354. The molecule has 0 N–H and O–H groups in total. The van der Waals surface area contributed by atoms with Crippen LogP contribution in [0.3, 0.4) is 0 Å². The molecule has 0 radical (unpaired) electrons. The first-order chi connectivity index (χ1) is 11.1. The Morgan fingerprint density at radius 2 is 1.70 bits per heavy atom.